The van der Waals surface area contributed by atoms with Gasteiger partial charge in [-0.15, -0.1) is 11.3 Å². The topological polar surface area (TPSA) is 54.0 Å². The first-order chi connectivity index (χ1) is 9.70. The lowest BCUT2D eigenvalue weighted by atomic mass is 10.2. The third kappa shape index (κ3) is 3.36. The van der Waals surface area contributed by atoms with Gasteiger partial charge in [-0.25, -0.2) is 4.98 Å². The van der Waals surface area contributed by atoms with Gasteiger partial charge in [-0.3, -0.25) is 4.79 Å². The van der Waals surface area contributed by atoms with Crippen LogP contribution in [0.2, 0.25) is 0 Å². The van der Waals surface area contributed by atoms with Gasteiger partial charge in [-0.2, -0.15) is 0 Å². The van der Waals surface area contributed by atoms with Crippen LogP contribution < -0.4 is 10.6 Å². The lowest BCUT2D eigenvalue weighted by Gasteiger charge is -2.07. The first-order valence-corrected chi connectivity index (χ1v) is 7.64. The largest absolute Gasteiger partial charge is 0.379 e. The number of hydrogen-bond donors (Lipinski definition) is 2. The highest BCUT2D eigenvalue weighted by molar-refractivity contribution is 7.09. The summed E-state index contributed by atoms with van der Waals surface area (Å²) < 4.78 is 0. The molecule has 1 aromatic heterocycles. The molecule has 5 heteroatoms. The minimum absolute atomic E-state index is 0.143. The highest BCUT2D eigenvalue weighted by Crippen LogP contribution is 2.30. The molecule has 2 aromatic rings. The van der Waals surface area contributed by atoms with E-state index in [1.54, 1.807) is 11.3 Å². The molecular weight excluding hydrogens is 270 g/mol. The predicted molar refractivity (Wildman–Crippen MR) is 82.0 cm³/mol. The van der Waals surface area contributed by atoms with Crippen molar-refractivity contribution < 1.29 is 4.79 Å². The van der Waals surface area contributed by atoms with E-state index < -0.39 is 0 Å². The van der Waals surface area contributed by atoms with Crippen LogP contribution >= 0.6 is 11.3 Å². The minimum Gasteiger partial charge on any atom is -0.379 e. The fourth-order valence-corrected chi connectivity index (χ4v) is 2.63. The summed E-state index contributed by atoms with van der Waals surface area (Å²) in [6.45, 7) is 2.73. The quantitative estimate of drug-likeness (QED) is 0.886. The van der Waals surface area contributed by atoms with Crippen LogP contribution in [0, 0.1) is 12.8 Å². The number of nitrogens with one attached hydrogen (secondary N) is 2. The minimum atomic E-state index is 0.143. The number of anilines is 2. The molecule has 0 unspecified atom stereocenters. The summed E-state index contributed by atoms with van der Waals surface area (Å²) in [7, 11) is 0. The van der Waals surface area contributed by atoms with E-state index in [1.807, 2.05) is 36.6 Å². The van der Waals surface area contributed by atoms with Crippen LogP contribution in [0.3, 0.4) is 0 Å². The lowest BCUT2D eigenvalue weighted by Crippen LogP contribution is -2.13. The van der Waals surface area contributed by atoms with E-state index in [1.165, 1.54) is 0 Å². The molecule has 0 aliphatic heterocycles. The molecule has 1 saturated carbocycles. The molecule has 1 aliphatic carbocycles. The molecule has 1 amide bonds. The number of nitrogens with zero attached hydrogens (tertiary/aromatic N) is 1. The maximum absolute atomic E-state index is 11.6. The van der Waals surface area contributed by atoms with Crippen LogP contribution in [0.25, 0.3) is 0 Å². The van der Waals surface area contributed by atoms with Crippen LogP contribution in [0.15, 0.2) is 29.6 Å². The molecule has 0 saturated heterocycles. The number of benzene rings is 1. The van der Waals surface area contributed by atoms with Crippen LogP contribution in [0.4, 0.5) is 11.4 Å². The Bertz CT molecular complexity index is 602. The van der Waals surface area contributed by atoms with Gasteiger partial charge in [0, 0.05) is 28.4 Å². The van der Waals surface area contributed by atoms with Crippen molar-refractivity contribution in [2.45, 2.75) is 26.3 Å². The summed E-state index contributed by atoms with van der Waals surface area (Å²) >= 11 is 1.66. The van der Waals surface area contributed by atoms with Gasteiger partial charge in [0.2, 0.25) is 5.91 Å². The Labute approximate surface area is 122 Å². The molecule has 3 rings (SSSR count). The number of amides is 1. The number of rotatable bonds is 5. The second-order valence-electron chi connectivity index (χ2n) is 5.08. The van der Waals surface area contributed by atoms with Gasteiger partial charge in [0.05, 0.1) is 6.54 Å². The summed E-state index contributed by atoms with van der Waals surface area (Å²) in [5.41, 5.74) is 2.95. The van der Waals surface area contributed by atoms with E-state index in [-0.39, 0.29) is 11.8 Å². The van der Waals surface area contributed by atoms with Crippen molar-refractivity contribution in [2.75, 3.05) is 10.6 Å². The summed E-state index contributed by atoms with van der Waals surface area (Å²) in [6.07, 6.45) is 2.05. The summed E-state index contributed by atoms with van der Waals surface area (Å²) in [6, 6.07) is 7.80. The number of aromatic nitrogens is 1. The molecule has 0 spiro atoms. The second kappa shape index (κ2) is 5.63. The Hall–Kier alpha value is -1.88. The molecule has 4 nitrogen and oxygen atoms in total. The third-order valence-electron chi connectivity index (χ3n) is 3.21. The van der Waals surface area contributed by atoms with Crippen molar-refractivity contribution in [2.24, 2.45) is 5.92 Å². The molecule has 1 aliphatic rings. The van der Waals surface area contributed by atoms with Gasteiger partial charge in [-0.1, -0.05) is 0 Å². The van der Waals surface area contributed by atoms with Crippen molar-refractivity contribution in [1.82, 2.24) is 4.98 Å². The zero-order chi connectivity index (χ0) is 13.9. The average Bonchev–Trinajstić information content (AvgIpc) is 3.22. The Morgan fingerprint density at radius 3 is 2.60 bits per heavy atom. The highest BCUT2D eigenvalue weighted by Gasteiger charge is 2.29. The van der Waals surface area contributed by atoms with E-state index in [0.717, 1.165) is 41.5 Å². The Balaban J connectivity index is 1.54. The molecule has 104 valence electrons. The Morgan fingerprint density at radius 1 is 1.30 bits per heavy atom. The normalized spacial score (nSPS) is 14.1. The second-order valence-corrected chi connectivity index (χ2v) is 6.02. The van der Waals surface area contributed by atoms with Crippen LogP contribution in [0.1, 0.15) is 23.5 Å². The monoisotopic (exact) mass is 287 g/mol. The number of hydrogen-bond acceptors (Lipinski definition) is 4. The summed E-state index contributed by atoms with van der Waals surface area (Å²) in [5.74, 6) is 0.380. The summed E-state index contributed by atoms with van der Waals surface area (Å²) in [4.78, 5) is 16.0. The number of thiazole rings is 1. The Kier molecular flexibility index (Phi) is 3.69. The van der Waals surface area contributed by atoms with Gasteiger partial charge in [0.25, 0.3) is 0 Å². The maximum atomic E-state index is 11.6. The van der Waals surface area contributed by atoms with Crippen molar-refractivity contribution in [3.63, 3.8) is 0 Å². The first-order valence-electron chi connectivity index (χ1n) is 6.76. The molecular formula is C15H17N3OS. The standard InChI is InChI=1S/C15H17N3OS/c1-10-9-20-14(17-10)8-16-12-4-6-13(7-5-12)18-15(19)11-2-3-11/h4-7,9,11,16H,2-3,8H2,1H3,(H,18,19). The summed E-state index contributed by atoms with van der Waals surface area (Å²) in [5, 5.41) is 9.38. The lowest BCUT2D eigenvalue weighted by molar-refractivity contribution is -0.117. The van der Waals surface area contributed by atoms with Gasteiger partial charge in [0.15, 0.2) is 0 Å². The molecule has 0 radical (unpaired) electrons. The van der Waals surface area contributed by atoms with Crippen molar-refractivity contribution in [3.8, 4) is 0 Å². The fraction of sp³-hybridized carbons (Fsp3) is 0.333. The van der Waals surface area contributed by atoms with E-state index in [0.29, 0.717) is 0 Å². The van der Waals surface area contributed by atoms with Gasteiger partial charge in [0.1, 0.15) is 5.01 Å². The molecule has 0 atom stereocenters. The molecule has 0 bridgehead atoms. The smallest absolute Gasteiger partial charge is 0.227 e. The van der Waals surface area contributed by atoms with Crippen LogP contribution in [0.5, 0.6) is 0 Å². The molecule has 2 N–H and O–H groups in total. The Morgan fingerprint density at radius 2 is 2.00 bits per heavy atom. The zero-order valence-corrected chi connectivity index (χ0v) is 12.2. The van der Waals surface area contributed by atoms with E-state index in [2.05, 4.69) is 15.6 Å². The van der Waals surface area contributed by atoms with Gasteiger partial charge in [-0.05, 0) is 44.0 Å². The van der Waals surface area contributed by atoms with Gasteiger partial charge >= 0.3 is 0 Å². The van der Waals surface area contributed by atoms with E-state index in [9.17, 15) is 4.79 Å². The van der Waals surface area contributed by atoms with E-state index in [4.69, 9.17) is 0 Å². The third-order valence-corrected chi connectivity index (χ3v) is 4.18. The predicted octanol–water partition coefficient (Wildman–Crippen LogP) is 3.41. The number of aryl methyl sites for hydroxylation is 1. The SMILES string of the molecule is Cc1csc(CNc2ccc(NC(=O)C3CC3)cc2)n1. The fourth-order valence-electron chi connectivity index (χ4n) is 1.92. The molecule has 1 aromatic carbocycles. The average molecular weight is 287 g/mol. The van der Waals surface area contributed by atoms with Crippen molar-refractivity contribution >= 4 is 28.6 Å². The first kappa shape index (κ1) is 13.1. The van der Waals surface area contributed by atoms with Crippen molar-refractivity contribution in [1.29, 1.82) is 0 Å². The number of carbonyl (C=O) groups is 1. The van der Waals surface area contributed by atoms with E-state index >= 15 is 0 Å². The molecule has 20 heavy (non-hydrogen) atoms. The van der Waals surface area contributed by atoms with Crippen LogP contribution in [-0.2, 0) is 11.3 Å². The zero-order valence-electron chi connectivity index (χ0n) is 11.3. The highest BCUT2D eigenvalue weighted by atomic mass is 32.1. The maximum Gasteiger partial charge on any atom is 0.227 e. The number of carbonyl (C=O) groups excluding carboxylic acids is 1. The molecule has 1 fully saturated rings. The van der Waals surface area contributed by atoms with Crippen molar-refractivity contribution in [3.05, 3.63) is 40.3 Å². The molecule has 1 heterocycles. The van der Waals surface area contributed by atoms with Gasteiger partial charge < -0.3 is 10.6 Å². The van der Waals surface area contributed by atoms with Crippen LogP contribution in [-0.4, -0.2) is 10.9 Å².